The van der Waals surface area contributed by atoms with Crippen LogP contribution >= 0.6 is 0 Å². The minimum atomic E-state index is 0.504. The molecule has 0 saturated heterocycles. The largest absolute Gasteiger partial charge is 0.302 e. The molecule has 0 amide bonds. The van der Waals surface area contributed by atoms with E-state index in [-0.39, 0.29) is 0 Å². The molecule has 0 aromatic rings. The minimum absolute atomic E-state index is 0.504. The number of hydrogen-bond donors (Lipinski definition) is 0. The third-order valence-electron chi connectivity index (χ3n) is 2.94. The van der Waals surface area contributed by atoms with E-state index in [0.717, 1.165) is 0 Å². The molecule has 0 unspecified atom stereocenters. The molecule has 76 valence electrons. The average molecular weight is 181 g/mol. The lowest BCUT2D eigenvalue weighted by Gasteiger charge is -2.24. The van der Waals surface area contributed by atoms with Crippen molar-refractivity contribution in [2.75, 3.05) is 19.6 Å². The van der Waals surface area contributed by atoms with Gasteiger partial charge >= 0.3 is 0 Å². The highest BCUT2D eigenvalue weighted by molar-refractivity contribution is 5.07. The van der Waals surface area contributed by atoms with Crippen LogP contribution in [0.3, 0.4) is 0 Å². The number of nitrogens with zero attached hydrogens (tertiary/aromatic N) is 1. The number of rotatable bonds is 7. The first-order valence-corrected chi connectivity index (χ1v) is 5.62. The third-order valence-corrected chi connectivity index (χ3v) is 2.94. The fourth-order valence-electron chi connectivity index (χ4n) is 1.94. The Morgan fingerprint density at radius 1 is 1.23 bits per heavy atom. The maximum atomic E-state index is 3.94. The van der Waals surface area contributed by atoms with Crippen molar-refractivity contribution in [1.82, 2.24) is 4.90 Å². The summed E-state index contributed by atoms with van der Waals surface area (Å²) in [5.74, 6) is 0. The van der Waals surface area contributed by atoms with Crippen LogP contribution in [0.25, 0.3) is 0 Å². The van der Waals surface area contributed by atoms with Gasteiger partial charge in [0.05, 0.1) is 0 Å². The molecule has 0 spiro atoms. The molecule has 0 radical (unpaired) electrons. The summed E-state index contributed by atoms with van der Waals surface area (Å²) in [7, 11) is 0. The van der Waals surface area contributed by atoms with Gasteiger partial charge in [-0.3, -0.25) is 0 Å². The van der Waals surface area contributed by atoms with Crippen LogP contribution in [0.5, 0.6) is 0 Å². The smallest absolute Gasteiger partial charge is 0.00726 e. The van der Waals surface area contributed by atoms with Crippen molar-refractivity contribution in [1.29, 1.82) is 0 Å². The van der Waals surface area contributed by atoms with Gasteiger partial charge in [0.25, 0.3) is 0 Å². The van der Waals surface area contributed by atoms with Crippen LogP contribution in [-0.4, -0.2) is 24.5 Å². The van der Waals surface area contributed by atoms with Crippen LogP contribution < -0.4 is 0 Å². The summed E-state index contributed by atoms with van der Waals surface area (Å²) >= 11 is 0. The summed E-state index contributed by atoms with van der Waals surface area (Å²) in [5, 5.41) is 0. The summed E-state index contributed by atoms with van der Waals surface area (Å²) in [5.41, 5.74) is 0.504. The van der Waals surface area contributed by atoms with Gasteiger partial charge in [-0.1, -0.05) is 19.9 Å². The van der Waals surface area contributed by atoms with Gasteiger partial charge in [-0.05, 0) is 38.8 Å². The lowest BCUT2D eigenvalue weighted by Crippen LogP contribution is -2.31. The second kappa shape index (κ2) is 4.80. The molecule has 1 saturated carbocycles. The normalized spacial score (nSPS) is 19.0. The van der Waals surface area contributed by atoms with E-state index in [1.54, 1.807) is 0 Å². The molecule has 0 N–H and O–H groups in total. The first kappa shape index (κ1) is 10.8. The highest BCUT2D eigenvalue weighted by Crippen LogP contribution is 2.47. The van der Waals surface area contributed by atoms with Gasteiger partial charge in [0.1, 0.15) is 0 Å². The quantitative estimate of drug-likeness (QED) is 0.546. The predicted octanol–water partition coefficient (Wildman–Crippen LogP) is 3.07. The van der Waals surface area contributed by atoms with Crippen LogP contribution in [-0.2, 0) is 0 Å². The van der Waals surface area contributed by atoms with Crippen LogP contribution in [0.4, 0.5) is 0 Å². The lowest BCUT2D eigenvalue weighted by molar-refractivity contribution is 0.241. The van der Waals surface area contributed by atoms with Crippen molar-refractivity contribution in [3.05, 3.63) is 12.7 Å². The van der Waals surface area contributed by atoms with Crippen molar-refractivity contribution >= 4 is 0 Å². The van der Waals surface area contributed by atoms with Crippen molar-refractivity contribution in [2.24, 2.45) is 5.41 Å². The fourth-order valence-corrected chi connectivity index (χ4v) is 1.94. The van der Waals surface area contributed by atoms with E-state index in [1.165, 1.54) is 45.3 Å². The van der Waals surface area contributed by atoms with Crippen LogP contribution in [0.1, 0.15) is 39.5 Å². The molecule has 0 bridgehead atoms. The Balaban J connectivity index is 2.32. The predicted molar refractivity (Wildman–Crippen MR) is 58.9 cm³/mol. The third kappa shape index (κ3) is 3.15. The highest BCUT2D eigenvalue weighted by Gasteiger charge is 2.40. The van der Waals surface area contributed by atoms with E-state index < -0.39 is 0 Å². The maximum Gasteiger partial charge on any atom is 0.00726 e. The van der Waals surface area contributed by atoms with E-state index in [2.05, 4.69) is 31.4 Å². The van der Waals surface area contributed by atoms with E-state index in [1.807, 2.05) is 0 Å². The molecule has 1 aliphatic carbocycles. The molecule has 0 heterocycles. The topological polar surface area (TPSA) is 3.24 Å². The van der Waals surface area contributed by atoms with Gasteiger partial charge in [-0.15, -0.1) is 6.58 Å². The highest BCUT2D eigenvalue weighted by atomic mass is 15.1. The van der Waals surface area contributed by atoms with E-state index >= 15 is 0 Å². The molecule has 1 heteroatoms. The van der Waals surface area contributed by atoms with Gasteiger partial charge in [0.2, 0.25) is 0 Å². The molecule has 1 rings (SSSR count). The second-order valence-corrected chi connectivity index (χ2v) is 4.34. The molecule has 13 heavy (non-hydrogen) atoms. The average Bonchev–Trinajstić information content (AvgIpc) is 2.87. The molecule has 0 aromatic heterocycles. The Kier molecular flexibility index (Phi) is 3.98. The summed E-state index contributed by atoms with van der Waals surface area (Å²) in [6.07, 6.45) is 7.44. The van der Waals surface area contributed by atoms with Gasteiger partial charge in [0.15, 0.2) is 0 Å². The Labute approximate surface area is 82.8 Å². The Hall–Kier alpha value is -0.300. The van der Waals surface area contributed by atoms with Crippen molar-refractivity contribution in [3.8, 4) is 0 Å². The van der Waals surface area contributed by atoms with Gasteiger partial charge in [0, 0.05) is 12.0 Å². The molecule has 0 atom stereocenters. The Bertz CT molecular complexity index is 153. The van der Waals surface area contributed by atoms with Crippen LogP contribution in [0.15, 0.2) is 12.7 Å². The summed E-state index contributed by atoms with van der Waals surface area (Å²) in [6.45, 7) is 12.2. The van der Waals surface area contributed by atoms with E-state index in [4.69, 9.17) is 0 Å². The monoisotopic (exact) mass is 181 g/mol. The zero-order chi connectivity index (χ0) is 9.73. The molecular formula is C12H23N. The Morgan fingerprint density at radius 2 is 1.77 bits per heavy atom. The zero-order valence-corrected chi connectivity index (χ0v) is 9.18. The van der Waals surface area contributed by atoms with Crippen molar-refractivity contribution in [2.45, 2.75) is 39.5 Å². The Morgan fingerprint density at radius 3 is 2.08 bits per heavy atom. The van der Waals surface area contributed by atoms with Crippen molar-refractivity contribution in [3.63, 3.8) is 0 Å². The summed E-state index contributed by atoms with van der Waals surface area (Å²) in [4.78, 5) is 2.59. The SMILES string of the molecule is C=CC1(CN(CCC)CCC)CC1. The molecule has 0 aliphatic heterocycles. The first-order valence-electron chi connectivity index (χ1n) is 5.62. The standard InChI is InChI=1S/C12H23N/c1-4-9-13(10-5-2)11-12(6-3)7-8-12/h6H,3-5,7-11H2,1-2H3. The second-order valence-electron chi connectivity index (χ2n) is 4.34. The minimum Gasteiger partial charge on any atom is -0.302 e. The van der Waals surface area contributed by atoms with E-state index in [0.29, 0.717) is 5.41 Å². The molecule has 1 aliphatic rings. The maximum absolute atomic E-state index is 3.94. The number of hydrogen-bond acceptors (Lipinski definition) is 1. The molecule has 0 aromatic carbocycles. The zero-order valence-electron chi connectivity index (χ0n) is 9.18. The van der Waals surface area contributed by atoms with Crippen LogP contribution in [0.2, 0.25) is 0 Å². The fraction of sp³-hybridized carbons (Fsp3) is 0.833. The lowest BCUT2D eigenvalue weighted by atomic mass is 10.1. The van der Waals surface area contributed by atoms with Gasteiger partial charge < -0.3 is 4.90 Å². The van der Waals surface area contributed by atoms with Gasteiger partial charge in [-0.25, -0.2) is 0 Å². The first-order chi connectivity index (χ1) is 6.26. The van der Waals surface area contributed by atoms with Gasteiger partial charge in [-0.2, -0.15) is 0 Å². The molecular weight excluding hydrogens is 158 g/mol. The van der Waals surface area contributed by atoms with Crippen LogP contribution in [0, 0.1) is 5.41 Å². The van der Waals surface area contributed by atoms with E-state index in [9.17, 15) is 0 Å². The molecule has 1 nitrogen and oxygen atoms in total. The van der Waals surface area contributed by atoms with Crippen molar-refractivity contribution < 1.29 is 0 Å². The molecule has 1 fully saturated rings. The summed E-state index contributed by atoms with van der Waals surface area (Å²) < 4.78 is 0. The summed E-state index contributed by atoms with van der Waals surface area (Å²) in [6, 6.07) is 0.